The molecule has 2 unspecified atom stereocenters. The van der Waals surface area contributed by atoms with Gasteiger partial charge in [0.15, 0.2) is 0 Å². The third-order valence-corrected chi connectivity index (χ3v) is 4.44. The lowest BCUT2D eigenvalue weighted by Gasteiger charge is -2.46. The fourth-order valence-corrected chi connectivity index (χ4v) is 3.47. The van der Waals surface area contributed by atoms with Gasteiger partial charge < -0.3 is 4.90 Å². The van der Waals surface area contributed by atoms with Crippen LogP contribution in [0.5, 0.6) is 0 Å². The number of imide groups is 1. The molecule has 1 saturated heterocycles. The molecule has 0 aromatic heterocycles. The molecule has 0 radical (unpaired) electrons. The molecule has 110 valence electrons. The molecule has 21 heavy (non-hydrogen) atoms. The predicted octanol–water partition coefficient (Wildman–Crippen LogP) is 3.20. The minimum atomic E-state index is -0.214. The van der Waals surface area contributed by atoms with Gasteiger partial charge in [0.1, 0.15) is 0 Å². The SMILES string of the molecule is C=CCN1C(=O)N(c2ccccc2)C(=O)C2CCCCC21. The van der Waals surface area contributed by atoms with Crippen LogP contribution in [0, 0.1) is 5.92 Å². The smallest absolute Gasteiger partial charge is 0.316 e. The molecule has 3 rings (SSSR count). The molecule has 2 aliphatic rings. The summed E-state index contributed by atoms with van der Waals surface area (Å²) in [6.45, 7) is 4.24. The normalized spacial score (nSPS) is 25.7. The second-order valence-electron chi connectivity index (χ2n) is 5.69. The lowest BCUT2D eigenvalue weighted by Crippen LogP contribution is -2.62. The zero-order valence-electron chi connectivity index (χ0n) is 12.1. The van der Waals surface area contributed by atoms with E-state index in [2.05, 4.69) is 6.58 Å². The summed E-state index contributed by atoms with van der Waals surface area (Å²) in [7, 11) is 0. The van der Waals surface area contributed by atoms with Crippen LogP contribution in [-0.2, 0) is 4.79 Å². The van der Waals surface area contributed by atoms with Gasteiger partial charge in [0.05, 0.1) is 11.6 Å². The van der Waals surface area contributed by atoms with E-state index in [4.69, 9.17) is 0 Å². The Bertz CT molecular complexity index is 555. The fourth-order valence-electron chi connectivity index (χ4n) is 3.47. The Balaban J connectivity index is 1.98. The highest BCUT2D eigenvalue weighted by molar-refractivity contribution is 6.17. The van der Waals surface area contributed by atoms with Crippen molar-refractivity contribution in [2.24, 2.45) is 5.92 Å². The monoisotopic (exact) mass is 284 g/mol. The van der Waals surface area contributed by atoms with Crippen molar-refractivity contribution in [3.63, 3.8) is 0 Å². The van der Waals surface area contributed by atoms with Gasteiger partial charge in [-0.1, -0.05) is 37.1 Å². The number of carbonyl (C=O) groups excluding carboxylic acids is 2. The Morgan fingerprint density at radius 2 is 1.86 bits per heavy atom. The largest absolute Gasteiger partial charge is 0.331 e. The van der Waals surface area contributed by atoms with Gasteiger partial charge in [-0.05, 0) is 25.0 Å². The van der Waals surface area contributed by atoms with E-state index < -0.39 is 0 Å². The highest BCUT2D eigenvalue weighted by Crippen LogP contribution is 2.36. The second kappa shape index (κ2) is 5.72. The van der Waals surface area contributed by atoms with E-state index in [0.717, 1.165) is 25.7 Å². The maximum Gasteiger partial charge on any atom is 0.331 e. The first-order chi connectivity index (χ1) is 10.2. The average Bonchev–Trinajstić information content (AvgIpc) is 2.53. The number of amides is 3. The van der Waals surface area contributed by atoms with Crippen LogP contribution in [0.1, 0.15) is 25.7 Å². The fraction of sp³-hybridized carbons (Fsp3) is 0.412. The molecule has 1 aromatic rings. The number of fused-ring (bicyclic) bond motifs is 1. The molecule has 0 N–H and O–H groups in total. The van der Waals surface area contributed by atoms with Gasteiger partial charge in [-0.25, -0.2) is 9.69 Å². The molecule has 3 amide bonds. The molecule has 2 fully saturated rings. The van der Waals surface area contributed by atoms with E-state index in [1.807, 2.05) is 35.2 Å². The number of anilines is 1. The highest BCUT2D eigenvalue weighted by atomic mass is 16.2. The van der Waals surface area contributed by atoms with Crippen LogP contribution in [0.3, 0.4) is 0 Å². The van der Waals surface area contributed by atoms with E-state index in [1.54, 1.807) is 6.08 Å². The number of para-hydroxylation sites is 1. The van der Waals surface area contributed by atoms with Crippen molar-refractivity contribution in [1.29, 1.82) is 0 Å². The van der Waals surface area contributed by atoms with Crippen molar-refractivity contribution in [3.8, 4) is 0 Å². The summed E-state index contributed by atoms with van der Waals surface area (Å²) in [4.78, 5) is 28.7. The van der Waals surface area contributed by atoms with Gasteiger partial charge in [0, 0.05) is 12.6 Å². The third-order valence-electron chi connectivity index (χ3n) is 4.44. The number of rotatable bonds is 3. The topological polar surface area (TPSA) is 40.6 Å². The van der Waals surface area contributed by atoms with Crippen molar-refractivity contribution in [2.75, 3.05) is 11.4 Å². The molecule has 0 spiro atoms. The highest BCUT2D eigenvalue weighted by Gasteiger charge is 2.46. The molecule has 2 atom stereocenters. The first-order valence-electron chi connectivity index (χ1n) is 7.54. The molecule has 1 aliphatic carbocycles. The summed E-state index contributed by atoms with van der Waals surface area (Å²) in [5.74, 6) is -0.118. The number of carbonyl (C=O) groups is 2. The van der Waals surface area contributed by atoms with Crippen LogP contribution in [0.15, 0.2) is 43.0 Å². The molecule has 1 saturated carbocycles. The summed E-state index contributed by atoms with van der Waals surface area (Å²) in [6, 6.07) is 9.02. The Hall–Kier alpha value is -2.10. The minimum Gasteiger partial charge on any atom is -0.316 e. The van der Waals surface area contributed by atoms with Gasteiger partial charge in [0.2, 0.25) is 5.91 Å². The van der Waals surface area contributed by atoms with Gasteiger partial charge in [-0.3, -0.25) is 4.79 Å². The van der Waals surface area contributed by atoms with Gasteiger partial charge in [0.25, 0.3) is 0 Å². The molecule has 4 heteroatoms. The summed E-state index contributed by atoms with van der Waals surface area (Å²) >= 11 is 0. The molecule has 1 aliphatic heterocycles. The van der Waals surface area contributed by atoms with E-state index >= 15 is 0 Å². The Kier molecular flexibility index (Phi) is 3.78. The van der Waals surface area contributed by atoms with E-state index in [1.165, 1.54) is 4.90 Å². The molecule has 1 aromatic carbocycles. The average molecular weight is 284 g/mol. The van der Waals surface area contributed by atoms with Crippen LogP contribution in [0.4, 0.5) is 10.5 Å². The predicted molar refractivity (Wildman–Crippen MR) is 82.0 cm³/mol. The van der Waals surface area contributed by atoms with Gasteiger partial charge >= 0.3 is 6.03 Å². The Morgan fingerprint density at radius 1 is 1.14 bits per heavy atom. The number of benzene rings is 1. The minimum absolute atomic E-state index is 0.0386. The number of urea groups is 1. The van der Waals surface area contributed by atoms with E-state index in [-0.39, 0.29) is 23.9 Å². The summed E-state index contributed by atoms with van der Waals surface area (Å²) in [6.07, 6.45) is 5.67. The number of hydrogen-bond donors (Lipinski definition) is 0. The first-order valence-corrected chi connectivity index (χ1v) is 7.54. The van der Waals surface area contributed by atoms with Crippen molar-refractivity contribution < 1.29 is 9.59 Å². The third kappa shape index (κ3) is 2.35. The summed E-state index contributed by atoms with van der Waals surface area (Å²) in [5, 5.41) is 0. The summed E-state index contributed by atoms with van der Waals surface area (Å²) in [5.41, 5.74) is 0.658. The molecule has 0 bridgehead atoms. The van der Waals surface area contributed by atoms with E-state index in [0.29, 0.717) is 12.2 Å². The van der Waals surface area contributed by atoms with Crippen LogP contribution >= 0.6 is 0 Å². The van der Waals surface area contributed by atoms with Crippen molar-refractivity contribution in [3.05, 3.63) is 43.0 Å². The second-order valence-corrected chi connectivity index (χ2v) is 5.69. The van der Waals surface area contributed by atoms with Crippen LogP contribution in [-0.4, -0.2) is 29.4 Å². The standard InChI is InChI=1S/C17H20N2O2/c1-2-12-18-15-11-7-6-10-14(15)16(20)19(17(18)21)13-8-4-3-5-9-13/h2-5,8-9,14-15H,1,6-7,10-12H2. The van der Waals surface area contributed by atoms with Gasteiger partial charge in [-0.2, -0.15) is 0 Å². The lowest BCUT2D eigenvalue weighted by atomic mass is 9.81. The van der Waals surface area contributed by atoms with Crippen LogP contribution in [0.2, 0.25) is 0 Å². The van der Waals surface area contributed by atoms with E-state index in [9.17, 15) is 9.59 Å². The zero-order chi connectivity index (χ0) is 14.8. The molecular formula is C17H20N2O2. The van der Waals surface area contributed by atoms with Crippen LogP contribution in [0.25, 0.3) is 0 Å². The molecular weight excluding hydrogens is 264 g/mol. The first kappa shape index (κ1) is 13.9. The van der Waals surface area contributed by atoms with Crippen molar-refractivity contribution in [2.45, 2.75) is 31.7 Å². The molecule has 4 nitrogen and oxygen atoms in total. The maximum absolute atomic E-state index is 12.8. The molecule has 1 heterocycles. The number of hydrogen-bond acceptors (Lipinski definition) is 2. The van der Waals surface area contributed by atoms with Crippen molar-refractivity contribution >= 4 is 17.6 Å². The van der Waals surface area contributed by atoms with Crippen molar-refractivity contribution in [1.82, 2.24) is 4.90 Å². The number of nitrogens with zero attached hydrogens (tertiary/aromatic N) is 2. The zero-order valence-corrected chi connectivity index (χ0v) is 12.1. The maximum atomic E-state index is 12.8. The van der Waals surface area contributed by atoms with Gasteiger partial charge in [-0.15, -0.1) is 6.58 Å². The van der Waals surface area contributed by atoms with Crippen LogP contribution < -0.4 is 4.90 Å². The lowest BCUT2D eigenvalue weighted by molar-refractivity contribution is -0.126. The Labute approximate surface area is 125 Å². The Morgan fingerprint density at radius 3 is 2.57 bits per heavy atom. The summed E-state index contributed by atoms with van der Waals surface area (Å²) < 4.78 is 0. The quantitative estimate of drug-likeness (QED) is 0.800.